The van der Waals surface area contributed by atoms with Gasteiger partial charge in [-0.3, -0.25) is 0 Å². The zero-order valence-corrected chi connectivity index (χ0v) is 13.5. The molecule has 0 spiro atoms. The van der Waals surface area contributed by atoms with Crippen molar-refractivity contribution in [2.24, 2.45) is 0 Å². The summed E-state index contributed by atoms with van der Waals surface area (Å²) in [5, 5.41) is 9.05. The molecule has 2 rings (SSSR count). The van der Waals surface area contributed by atoms with E-state index >= 15 is 0 Å². The second-order valence-electron chi connectivity index (χ2n) is 4.96. The molecule has 1 heterocycles. The molecule has 1 aromatic carbocycles. The van der Waals surface area contributed by atoms with Gasteiger partial charge in [0.15, 0.2) is 9.84 Å². The summed E-state index contributed by atoms with van der Waals surface area (Å²) in [4.78, 5) is 1.94. The first-order valence-corrected chi connectivity index (χ1v) is 9.63. The van der Waals surface area contributed by atoms with E-state index in [1.807, 2.05) is 30.0 Å². The minimum absolute atomic E-state index is 0.0699. The Morgan fingerprint density at radius 2 is 2.20 bits per heavy atom. The van der Waals surface area contributed by atoms with Crippen molar-refractivity contribution < 1.29 is 13.5 Å². The van der Waals surface area contributed by atoms with Gasteiger partial charge in [-0.15, -0.1) is 0 Å². The fourth-order valence-electron chi connectivity index (χ4n) is 2.47. The van der Waals surface area contributed by atoms with Crippen LogP contribution in [-0.4, -0.2) is 42.7 Å². The molecular formula is C14H21NO3S2. The van der Waals surface area contributed by atoms with Crippen molar-refractivity contribution >= 4 is 27.3 Å². The van der Waals surface area contributed by atoms with E-state index in [0.29, 0.717) is 12.3 Å². The van der Waals surface area contributed by atoms with Crippen LogP contribution >= 0.6 is 11.8 Å². The number of hydrogen-bond donors (Lipinski definition) is 1. The molecule has 20 heavy (non-hydrogen) atoms. The Hall–Kier alpha value is -0.720. The summed E-state index contributed by atoms with van der Waals surface area (Å²) in [6.07, 6.45) is 0. The maximum Gasteiger partial charge on any atom is 0.171 e. The van der Waals surface area contributed by atoms with E-state index in [1.165, 1.54) is 0 Å². The maximum absolute atomic E-state index is 12.3. The molecule has 4 nitrogen and oxygen atoms in total. The number of anilines is 1. The Morgan fingerprint density at radius 3 is 2.85 bits per heavy atom. The normalized spacial score (nSPS) is 20.1. The second-order valence-corrected chi connectivity index (χ2v) is 8.56. The van der Waals surface area contributed by atoms with Crippen molar-refractivity contribution in [3.05, 3.63) is 29.3 Å². The second kappa shape index (κ2) is 6.37. The lowest BCUT2D eigenvalue weighted by Gasteiger charge is -2.37. The van der Waals surface area contributed by atoms with Gasteiger partial charge < -0.3 is 10.0 Å². The Bertz CT molecular complexity index is 572. The van der Waals surface area contributed by atoms with Crippen LogP contribution in [0.25, 0.3) is 0 Å². The van der Waals surface area contributed by atoms with Gasteiger partial charge >= 0.3 is 0 Å². The van der Waals surface area contributed by atoms with Crippen molar-refractivity contribution in [3.63, 3.8) is 0 Å². The van der Waals surface area contributed by atoms with Crippen LogP contribution < -0.4 is 4.90 Å². The van der Waals surface area contributed by atoms with Crippen LogP contribution in [0.3, 0.4) is 0 Å². The summed E-state index contributed by atoms with van der Waals surface area (Å²) in [5.41, 5.74) is 2.72. The summed E-state index contributed by atoms with van der Waals surface area (Å²) in [6, 6.07) is 5.81. The van der Waals surface area contributed by atoms with E-state index in [2.05, 4.69) is 0 Å². The molecule has 1 saturated heterocycles. The van der Waals surface area contributed by atoms with Crippen LogP contribution in [-0.2, 0) is 16.4 Å². The smallest absolute Gasteiger partial charge is 0.171 e. The molecule has 0 aromatic heterocycles. The fourth-order valence-corrected chi connectivity index (χ4v) is 5.45. The third-order valence-electron chi connectivity index (χ3n) is 3.62. The SMILES string of the molecule is CCS(=O)(=O)C1CSCCN1c1ccc(C)cc1CO. The molecule has 1 aliphatic heterocycles. The van der Waals surface area contributed by atoms with Crippen LogP contribution in [0.5, 0.6) is 0 Å². The summed E-state index contributed by atoms with van der Waals surface area (Å²) < 4.78 is 24.6. The molecule has 0 saturated carbocycles. The number of aliphatic hydroxyl groups is 1. The lowest BCUT2D eigenvalue weighted by atomic mass is 10.1. The van der Waals surface area contributed by atoms with Crippen LogP contribution in [0.2, 0.25) is 0 Å². The van der Waals surface area contributed by atoms with Crippen LogP contribution in [0.4, 0.5) is 5.69 Å². The zero-order chi connectivity index (χ0) is 14.8. The van der Waals surface area contributed by atoms with E-state index < -0.39 is 15.2 Å². The highest BCUT2D eigenvalue weighted by molar-refractivity contribution is 8.01. The molecule has 1 atom stereocenters. The first kappa shape index (κ1) is 15.7. The van der Waals surface area contributed by atoms with Gasteiger partial charge in [0.1, 0.15) is 5.37 Å². The van der Waals surface area contributed by atoms with Gasteiger partial charge in [-0.2, -0.15) is 11.8 Å². The molecule has 0 bridgehead atoms. The van der Waals surface area contributed by atoms with Crippen molar-refractivity contribution in [1.29, 1.82) is 0 Å². The van der Waals surface area contributed by atoms with E-state index in [1.54, 1.807) is 18.7 Å². The maximum atomic E-state index is 12.3. The molecule has 0 aliphatic carbocycles. The number of nitrogens with zero attached hydrogens (tertiary/aromatic N) is 1. The van der Waals surface area contributed by atoms with E-state index in [4.69, 9.17) is 0 Å². The Kier molecular flexibility index (Phi) is 4.99. The lowest BCUT2D eigenvalue weighted by molar-refractivity contribution is 0.282. The number of benzene rings is 1. The zero-order valence-electron chi connectivity index (χ0n) is 11.9. The number of aryl methyl sites for hydroxylation is 1. The quantitative estimate of drug-likeness (QED) is 0.918. The average Bonchev–Trinajstić information content (AvgIpc) is 2.47. The van der Waals surface area contributed by atoms with Crippen molar-refractivity contribution in [2.75, 3.05) is 28.7 Å². The minimum Gasteiger partial charge on any atom is -0.392 e. The van der Waals surface area contributed by atoms with Crippen LogP contribution in [0, 0.1) is 6.92 Å². The average molecular weight is 315 g/mol. The van der Waals surface area contributed by atoms with Gasteiger partial charge in [0.25, 0.3) is 0 Å². The lowest BCUT2D eigenvalue weighted by Crippen LogP contribution is -2.48. The molecule has 1 aromatic rings. The Labute approximate surface area is 125 Å². The third kappa shape index (κ3) is 3.13. The monoisotopic (exact) mass is 315 g/mol. The largest absolute Gasteiger partial charge is 0.392 e. The third-order valence-corrected chi connectivity index (χ3v) is 6.90. The highest BCUT2D eigenvalue weighted by atomic mass is 32.2. The van der Waals surface area contributed by atoms with E-state index in [-0.39, 0.29) is 12.4 Å². The number of rotatable bonds is 4. The molecule has 0 radical (unpaired) electrons. The highest BCUT2D eigenvalue weighted by Gasteiger charge is 2.33. The summed E-state index contributed by atoms with van der Waals surface area (Å²) >= 11 is 1.68. The molecule has 1 fully saturated rings. The summed E-state index contributed by atoms with van der Waals surface area (Å²) in [7, 11) is -3.13. The molecule has 0 amide bonds. The highest BCUT2D eigenvalue weighted by Crippen LogP contribution is 2.30. The van der Waals surface area contributed by atoms with Gasteiger partial charge in [0.05, 0.1) is 6.61 Å². The first-order valence-electron chi connectivity index (χ1n) is 6.76. The predicted molar refractivity (Wildman–Crippen MR) is 85.0 cm³/mol. The first-order chi connectivity index (χ1) is 9.49. The Morgan fingerprint density at radius 1 is 1.45 bits per heavy atom. The molecular weight excluding hydrogens is 294 g/mol. The van der Waals surface area contributed by atoms with Gasteiger partial charge in [-0.1, -0.05) is 24.6 Å². The molecule has 1 unspecified atom stereocenters. The summed E-state index contributed by atoms with van der Waals surface area (Å²) in [5.74, 6) is 1.65. The van der Waals surface area contributed by atoms with Crippen LogP contribution in [0.1, 0.15) is 18.1 Å². The minimum atomic E-state index is -3.13. The van der Waals surface area contributed by atoms with Crippen molar-refractivity contribution in [2.45, 2.75) is 25.8 Å². The number of sulfone groups is 1. The number of aliphatic hydroxyl groups excluding tert-OH is 1. The predicted octanol–water partition coefficient (Wildman–Crippen LogP) is 1.80. The van der Waals surface area contributed by atoms with E-state index in [9.17, 15) is 13.5 Å². The molecule has 112 valence electrons. The fraction of sp³-hybridized carbons (Fsp3) is 0.571. The summed E-state index contributed by atoms with van der Waals surface area (Å²) in [6.45, 7) is 4.29. The molecule has 1 N–H and O–H groups in total. The van der Waals surface area contributed by atoms with Gasteiger partial charge in [-0.05, 0) is 13.0 Å². The standard InChI is InChI=1S/C14H21NO3S2/c1-3-20(17,18)14-10-19-7-6-15(14)13-5-4-11(2)8-12(13)9-16/h4-5,8,14,16H,3,6-7,9-10H2,1-2H3. The van der Waals surface area contributed by atoms with Gasteiger partial charge in [0, 0.05) is 35.1 Å². The van der Waals surface area contributed by atoms with Gasteiger partial charge in [0.2, 0.25) is 0 Å². The van der Waals surface area contributed by atoms with Crippen molar-refractivity contribution in [3.8, 4) is 0 Å². The topological polar surface area (TPSA) is 57.6 Å². The van der Waals surface area contributed by atoms with Crippen molar-refractivity contribution in [1.82, 2.24) is 0 Å². The molecule has 1 aliphatic rings. The number of hydrogen-bond acceptors (Lipinski definition) is 5. The van der Waals surface area contributed by atoms with Gasteiger partial charge in [-0.25, -0.2) is 8.42 Å². The van der Waals surface area contributed by atoms with Crippen LogP contribution in [0.15, 0.2) is 18.2 Å². The number of thioether (sulfide) groups is 1. The molecule has 6 heteroatoms. The van der Waals surface area contributed by atoms with E-state index in [0.717, 1.165) is 22.6 Å². The Balaban J connectivity index is 2.43.